The Balaban J connectivity index is 1.88. The van der Waals surface area contributed by atoms with E-state index < -0.39 is 0 Å². The Morgan fingerprint density at radius 3 is 2.71 bits per heavy atom. The topological polar surface area (TPSA) is 25.4 Å². The molecule has 0 spiro atoms. The molecule has 3 aromatic rings. The number of rotatable bonds is 7. The minimum Gasteiger partial charge on any atom is -0.496 e. The number of likely N-dealkylation sites (N-methyl/N-ethyl adjacent to an activating group) is 1. The van der Waals surface area contributed by atoms with Crippen LogP contribution in [0.5, 0.6) is 5.75 Å². The lowest BCUT2D eigenvalue weighted by molar-refractivity contribution is 0.408. The summed E-state index contributed by atoms with van der Waals surface area (Å²) in [6.07, 6.45) is 6.78. The van der Waals surface area contributed by atoms with Gasteiger partial charge in [-0.25, -0.2) is 0 Å². The van der Waals surface area contributed by atoms with Crippen LogP contribution < -0.4 is 4.74 Å². The third-order valence-corrected chi connectivity index (χ3v) is 5.56. The van der Waals surface area contributed by atoms with Crippen molar-refractivity contribution in [2.24, 2.45) is 0 Å². The molecule has 3 rings (SSSR count). The Morgan fingerprint density at radius 2 is 1.92 bits per heavy atom. The normalized spacial score (nSPS) is 11.3. The van der Waals surface area contributed by atoms with Gasteiger partial charge in [0.15, 0.2) is 0 Å². The second-order valence-corrected chi connectivity index (χ2v) is 7.38. The quantitative estimate of drug-likeness (QED) is 0.645. The molecular weight excluding hydrogens is 316 g/mol. The van der Waals surface area contributed by atoms with Gasteiger partial charge in [0.25, 0.3) is 0 Å². The molecule has 0 N–H and O–H groups in total. The largest absolute Gasteiger partial charge is 0.496 e. The maximum Gasteiger partial charge on any atom is 0.125 e. The Kier molecular flexibility index (Phi) is 5.48. The Bertz CT molecular complexity index is 810. The molecule has 0 aliphatic heterocycles. The predicted octanol–water partition coefficient (Wildman–Crippen LogP) is 4.19. The van der Waals surface area contributed by atoms with Gasteiger partial charge in [-0.2, -0.15) is 0 Å². The van der Waals surface area contributed by atoms with Gasteiger partial charge in [0, 0.05) is 34.1 Å². The number of hydrogen-bond acceptors (Lipinski definition) is 4. The minimum absolute atomic E-state index is 0.930. The summed E-state index contributed by atoms with van der Waals surface area (Å²) in [6, 6.07) is 10.7. The lowest BCUT2D eigenvalue weighted by atomic mass is 10.0. The number of pyridine rings is 1. The van der Waals surface area contributed by atoms with Gasteiger partial charge in [0.2, 0.25) is 0 Å². The van der Waals surface area contributed by atoms with Gasteiger partial charge in [-0.1, -0.05) is 18.2 Å². The molecule has 0 atom stereocenters. The van der Waals surface area contributed by atoms with Crippen LogP contribution in [0.4, 0.5) is 0 Å². The summed E-state index contributed by atoms with van der Waals surface area (Å²) in [4.78, 5) is 8.01. The first-order valence-corrected chi connectivity index (χ1v) is 9.11. The summed E-state index contributed by atoms with van der Waals surface area (Å²) in [5.41, 5.74) is 2.66. The molecule has 0 bridgehead atoms. The molecule has 0 saturated carbocycles. The van der Waals surface area contributed by atoms with Crippen LogP contribution in [0.3, 0.4) is 0 Å². The lowest BCUT2D eigenvalue weighted by Crippen LogP contribution is -2.15. The highest BCUT2D eigenvalue weighted by molar-refractivity contribution is 7.19. The number of fused-ring (bicyclic) bond motifs is 1. The second-order valence-electron chi connectivity index (χ2n) is 6.24. The summed E-state index contributed by atoms with van der Waals surface area (Å²) >= 11 is 1.94. The highest BCUT2D eigenvalue weighted by Crippen LogP contribution is 2.33. The van der Waals surface area contributed by atoms with Crippen molar-refractivity contribution in [3.8, 4) is 5.75 Å². The highest BCUT2D eigenvalue weighted by atomic mass is 32.1. The summed E-state index contributed by atoms with van der Waals surface area (Å²) in [5.74, 6) is 0.930. The van der Waals surface area contributed by atoms with Crippen LogP contribution in [0.15, 0.2) is 42.7 Å². The van der Waals surface area contributed by atoms with Gasteiger partial charge in [-0.15, -0.1) is 11.3 Å². The minimum atomic E-state index is 0.930. The van der Waals surface area contributed by atoms with Gasteiger partial charge in [0.05, 0.1) is 7.11 Å². The SMILES string of the molecule is COc1ccncc1CCc1c(CCN(C)C)sc2ccccc12. The molecule has 3 nitrogen and oxygen atoms in total. The molecule has 2 aromatic heterocycles. The van der Waals surface area contributed by atoms with Crippen LogP contribution >= 0.6 is 11.3 Å². The first kappa shape index (κ1) is 16.9. The molecule has 0 aliphatic rings. The third kappa shape index (κ3) is 3.77. The van der Waals surface area contributed by atoms with Crippen molar-refractivity contribution < 1.29 is 4.74 Å². The van der Waals surface area contributed by atoms with Crippen LogP contribution in [0, 0.1) is 0 Å². The first-order valence-electron chi connectivity index (χ1n) is 8.30. The smallest absolute Gasteiger partial charge is 0.125 e. The van der Waals surface area contributed by atoms with Crippen molar-refractivity contribution in [3.63, 3.8) is 0 Å². The molecule has 0 amide bonds. The van der Waals surface area contributed by atoms with Crippen LogP contribution in [-0.4, -0.2) is 37.6 Å². The average Bonchev–Trinajstić information content (AvgIpc) is 2.96. The van der Waals surface area contributed by atoms with Gasteiger partial charge < -0.3 is 9.64 Å². The molecule has 0 radical (unpaired) electrons. The second kappa shape index (κ2) is 7.77. The molecule has 4 heteroatoms. The maximum absolute atomic E-state index is 5.47. The van der Waals surface area contributed by atoms with Crippen molar-refractivity contribution in [1.82, 2.24) is 9.88 Å². The molecule has 126 valence electrons. The fourth-order valence-electron chi connectivity index (χ4n) is 3.01. The van der Waals surface area contributed by atoms with E-state index in [1.807, 2.05) is 23.6 Å². The maximum atomic E-state index is 5.47. The molecular formula is C20H24N2OS. The van der Waals surface area contributed by atoms with E-state index in [4.69, 9.17) is 4.74 Å². The van der Waals surface area contributed by atoms with Crippen LogP contribution in [0.2, 0.25) is 0 Å². The number of hydrogen-bond donors (Lipinski definition) is 0. The number of benzene rings is 1. The Labute approximate surface area is 147 Å². The zero-order chi connectivity index (χ0) is 16.9. The van der Waals surface area contributed by atoms with Crippen LogP contribution in [-0.2, 0) is 19.3 Å². The van der Waals surface area contributed by atoms with Gasteiger partial charge in [-0.3, -0.25) is 4.98 Å². The number of aromatic nitrogens is 1. The number of aryl methyl sites for hydroxylation is 2. The van der Waals surface area contributed by atoms with E-state index >= 15 is 0 Å². The lowest BCUT2D eigenvalue weighted by Gasteiger charge is -2.11. The molecule has 0 aliphatic carbocycles. The number of methoxy groups -OCH3 is 1. The van der Waals surface area contributed by atoms with Crippen molar-refractivity contribution >= 4 is 21.4 Å². The summed E-state index contributed by atoms with van der Waals surface area (Å²) < 4.78 is 6.86. The van der Waals surface area contributed by atoms with E-state index in [0.29, 0.717) is 0 Å². The molecule has 0 saturated heterocycles. The van der Waals surface area contributed by atoms with Gasteiger partial charge in [-0.05, 0) is 56.4 Å². The van der Waals surface area contributed by atoms with Crippen LogP contribution in [0.1, 0.15) is 16.0 Å². The molecule has 2 heterocycles. The molecule has 1 aromatic carbocycles. The van der Waals surface area contributed by atoms with Crippen molar-refractivity contribution in [3.05, 3.63) is 58.7 Å². The van der Waals surface area contributed by atoms with E-state index in [1.54, 1.807) is 13.3 Å². The average molecular weight is 340 g/mol. The summed E-state index contributed by atoms with van der Waals surface area (Å²) in [7, 11) is 5.99. The number of nitrogens with zero attached hydrogens (tertiary/aromatic N) is 2. The predicted molar refractivity (Wildman–Crippen MR) is 102 cm³/mol. The standard InChI is InChI=1S/C20H24N2OS/c1-22(2)13-11-20-17(16-6-4-5-7-19(16)24-20)9-8-15-14-21-12-10-18(15)23-3/h4-7,10,12,14H,8-9,11,13H2,1-3H3. The van der Waals surface area contributed by atoms with Crippen molar-refractivity contribution in [1.29, 1.82) is 0 Å². The van der Waals surface area contributed by atoms with Crippen molar-refractivity contribution in [2.75, 3.05) is 27.7 Å². The summed E-state index contributed by atoms with van der Waals surface area (Å²) in [5, 5.41) is 1.40. The van der Waals surface area contributed by atoms with E-state index in [0.717, 1.165) is 31.6 Å². The van der Waals surface area contributed by atoms with Gasteiger partial charge >= 0.3 is 0 Å². The van der Waals surface area contributed by atoms with Crippen LogP contribution in [0.25, 0.3) is 10.1 Å². The van der Waals surface area contributed by atoms with Crippen molar-refractivity contribution in [2.45, 2.75) is 19.3 Å². The zero-order valence-corrected chi connectivity index (χ0v) is 15.4. The Morgan fingerprint density at radius 1 is 1.08 bits per heavy atom. The molecule has 24 heavy (non-hydrogen) atoms. The Hall–Kier alpha value is -1.91. The van der Waals surface area contributed by atoms with E-state index in [9.17, 15) is 0 Å². The number of thiophene rings is 1. The van der Waals surface area contributed by atoms with E-state index in [-0.39, 0.29) is 0 Å². The fourth-order valence-corrected chi connectivity index (χ4v) is 4.25. The third-order valence-electron chi connectivity index (χ3n) is 4.29. The molecule has 0 fully saturated rings. The highest BCUT2D eigenvalue weighted by Gasteiger charge is 2.13. The van der Waals surface area contributed by atoms with Gasteiger partial charge in [0.1, 0.15) is 5.75 Å². The molecule has 0 unspecified atom stereocenters. The monoisotopic (exact) mass is 340 g/mol. The first-order chi connectivity index (χ1) is 11.7. The summed E-state index contributed by atoms with van der Waals surface area (Å²) in [6.45, 7) is 1.08. The number of ether oxygens (including phenoxy) is 1. The van der Waals surface area contributed by atoms with E-state index in [2.05, 4.69) is 48.2 Å². The zero-order valence-electron chi connectivity index (χ0n) is 14.6. The van der Waals surface area contributed by atoms with E-state index in [1.165, 1.54) is 26.1 Å². The fraction of sp³-hybridized carbons (Fsp3) is 0.350.